The molecule has 0 bridgehead atoms. The van der Waals surface area contributed by atoms with Gasteiger partial charge in [0, 0.05) is 12.6 Å². The van der Waals surface area contributed by atoms with Gasteiger partial charge in [-0.2, -0.15) is 0 Å². The summed E-state index contributed by atoms with van der Waals surface area (Å²) < 4.78 is 13.9. The average molecular weight is 343 g/mol. The Bertz CT molecular complexity index is 838. The minimum atomic E-state index is -0.603. The lowest BCUT2D eigenvalue weighted by Crippen LogP contribution is -2.31. The first-order valence-corrected chi connectivity index (χ1v) is 7.89. The number of hydrogen-bond acceptors (Lipinski definition) is 3. The van der Waals surface area contributed by atoms with Crippen LogP contribution in [0.3, 0.4) is 0 Å². The van der Waals surface area contributed by atoms with E-state index in [1.165, 1.54) is 25.1 Å². The highest BCUT2D eigenvalue weighted by molar-refractivity contribution is 5.92. The fourth-order valence-corrected chi connectivity index (χ4v) is 3.00. The van der Waals surface area contributed by atoms with E-state index in [-0.39, 0.29) is 23.4 Å². The van der Waals surface area contributed by atoms with Crippen LogP contribution in [0.25, 0.3) is 0 Å². The van der Waals surface area contributed by atoms with Crippen molar-refractivity contribution in [2.45, 2.75) is 25.8 Å². The van der Waals surface area contributed by atoms with Gasteiger partial charge < -0.3 is 21.1 Å². The van der Waals surface area contributed by atoms with Crippen LogP contribution >= 0.6 is 0 Å². The van der Waals surface area contributed by atoms with Crippen LogP contribution in [0.4, 0.5) is 20.6 Å². The third-order valence-corrected chi connectivity index (χ3v) is 4.09. The SMILES string of the molecule is CC(=O)Nc1ccc(F)c(NC(=O)NC2CCc3c(O)cccc32)c1. The number of amides is 3. The van der Waals surface area contributed by atoms with Crippen molar-refractivity contribution in [1.82, 2.24) is 5.32 Å². The van der Waals surface area contributed by atoms with Crippen molar-refractivity contribution >= 4 is 23.3 Å². The number of urea groups is 1. The van der Waals surface area contributed by atoms with Crippen molar-refractivity contribution in [3.8, 4) is 5.75 Å². The van der Waals surface area contributed by atoms with E-state index in [2.05, 4.69) is 16.0 Å². The van der Waals surface area contributed by atoms with Crippen LogP contribution in [0.5, 0.6) is 5.75 Å². The number of nitrogens with one attached hydrogen (secondary N) is 3. The zero-order valence-electron chi connectivity index (χ0n) is 13.6. The molecule has 1 aliphatic carbocycles. The molecule has 0 saturated heterocycles. The van der Waals surface area contributed by atoms with Crippen molar-refractivity contribution in [2.75, 3.05) is 10.6 Å². The maximum Gasteiger partial charge on any atom is 0.319 e. The minimum absolute atomic E-state index is 0.0297. The van der Waals surface area contributed by atoms with Gasteiger partial charge in [0.1, 0.15) is 11.6 Å². The van der Waals surface area contributed by atoms with Gasteiger partial charge in [0.25, 0.3) is 0 Å². The summed E-state index contributed by atoms with van der Waals surface area (Å²) in [6.45, 7) is 1.34. The topological polar surface area (TPSA) is 90.5 Å². The van der Waals surface area contributed by atoms with Gasteiger partial charge in [0.05, 0.1) is 11.7 Å². The molecule has 1 unspecified atom stereocenters. The molecule has 2 aromatic carbocycles. The summed E-state index contributed by atoms with van der Waals surface area (Å²) in [5, 5.41) is 17.6. The van der Waals surface area contributed by atoms with Crippen LogP contribution in [0.2, 0.25) is 0 Å². The molecule has 6 nitrogen and oxygen atoms in total. The molecular weight excluding hydrogens is 325 g/mol. The molecule has 0 fully saturated rings. The molecule has 4 N–H and O–H groups in total. The molecule has 130 valence electrons. The highest BCUT2D eigenvalue weighted by Gasteiger charge is 2.26. The molecular formula is C18H18FN3O3. The Labute approximate surface area is 144 Å². The predicted molar refractivity (Wildman–Crippen MR) is 92.0 cm³/mol. The van der Waals surface area contributed by atoms with Gasteiger partial charge in [-0.3, -0.25) is 4.79 Å². The maximum absolute atomic E-state index is 13.9. The third kappa shape index (κ3) is 3.71. The summed E-state index contributed by atoms with van der Waals surface area (Å²) in [6, 6.07) is 8.33. The van der Waals surface area contributed by atoms with Crippen LogP contribution in [-0.4, -0.2) is 17.0 Å². The second-order valence-electron chi connectivity index (χ2n) is 5.91. The van der Waals surface area contributed by atoms with E-state index >= 15 is 0 Å². The van der Waals surface area contributed by atoms with E-state index in [0.717, 1.165) is 11.1 Å². The highest BCUT2D eigenvalue weighted by Crippen LogP contribution is 2.36. The number of carbonyl (C=O) groups is 2. The number of halogens is 1. The van der Waals surface area contributed by atoms with Crippen LogP contribution in [0.1, 0.15) is 30.5 Å². The Balaban J connectivity index is 1.70. The zero-order valence-corrected chi connectivity index (χ0v) is 13.6. The zero-order chi connectivity index (χ0) is 18.0. The summed E-state index contributed by atoms with van der Waals surface area (Å²) in [6.07, 6.45) is 1.33. The summed E-state index contributed by atoms with van der Waals surface area (Å²) in [5.74, 6) is -0.672. The molecule has 0 saturated carbocycles. The smallest absolute Gasteiger partial charge is 0.319 e. The molecule has 0 aliphatic heterocycles. The van der Waals surface area contributed by atoms with Gasteiger partial charge in [-0.15, -0.1) is 0 Å². The first-order valence-electron chi connectivity index (χ1n) is 7.89. The second-order valence-corrected chi connectivity index (χ2v) is 5.91. The molecule has 3 rings (SSSR count). The van der Waals surface area contributed by atoms with Crippen molar-refractivity contribution in [3.63, 3.8) is 0 Å². The molecule has 0 radical (unpaired) electrons. The molecule has 0 spiro atoms. The van der Waals surface area contributed by atoms with E-state index < -0.39 is 11.8 Å². The Hall–Kier alpha value is -3.09. The van der Waals surface area contributed by atoms with Crippen molar-refractivity contribution in [3.05, 3.63) is 53.3 Å². The number of anilines is 2. The Morgan fingerprint density at radius 3 is 2.76 bits per heavy atom. The van der Waals surface area contributed by atoms with Crippen LogP contribution in [0.15, 0.2) is 36.4 Å². The number of aromatic hydroxyl groups is 1. The predicted octanol–water partition coefficient (Wildman–Crippen LogP) is 3.30. The minimum Gasteiger partial charge on any atom is -0.508 e. The fourth-order valence-electron chi connectivity index (χ4n) is 3.00. The van der Waals surface area contributed by atoms with Crippen LogP contribution < -0.4 is 16.0 Å². The lowest BCUT2D eigenvalue weighted by molar-refractivity contribution is -0.114. The van der Waals surface area contributed by atoms with Crippen LogP contribution in [-0.2, 0) is 11.2 Å². The summed E-state index contributed by atoms with van der Waals surface area (Å²) >= 11 is 0. The number of phenols is 1. The molecule has 1 atom stereocenters. The second kappa shape index (κ2) is 6.80. The quantitative estimate of drug-likeness (QED) is 0.689. The van der Waals surface area contributed by atoms with Crippen molar-refractivity contribution in [2.24, 2.45) is 0 Å². The van der Waals surface area contributed by atoms with E-state index in [0.29, 0.717) is 18.5 Å². The van der Waals surface area contributed by atoms with Crippen LogP contribution in [0, 0.1) is 5.82 Å². The summed E-state index contributed by atoms with van der Waals surface area (Å²) in [4.78, 5) is 23.3. The van der Waals surface area contributed by atoms with Gasteiger partial charge in [-0.25, -0.2) is 9.18 Å². The Kier molecular flexibility index (Phi) is 4.56. The Morgan fingerprint density at radius 1 is 1.20 bits per heavy atom. The largest absolute Gasteiger partial charge is 0.508 e. The van der Waals surface area contributed by atoms with E-state index in [1.54, 1.807) is 12.1 Å². The summed E-state index contributed by atoms with van der Waals surface area (Å²) in [7, 11) is 0. The third-order valence-electron chi connectivity index (χ3n) is 4.09. The summed E-state index contributed by atoms with van der Waals surface area (Å²) in [5.41, 5.74) is 2.05. The van der Waals surface area contributed by atoms with Gasteiger partial charge in [0.15, 0.2) is 0 Å². The number of benzene rings is 2. The molecule has 3 amide bonds. The average Bonchev–Trinajstić information content (AvgIpc) is 2.94. The molecule has 25 heavy (non-hydrogen) atoms. The van der Waals surface area contributed by atoms with E-state index in [1.807, 2.05) is 6.07 Å². The molecule has 1 aliphatic rings. The number of carbonyl (C=O) groups excluding carboxylic acids is 2. The Morgan fingerprint density at radius 2 is 2.00 bits per heavy atom. The van der Waals surface area contributed by atoms with Gasteiger partial charge in [-0.05, 0) is 48.2 Å². The van der Waals surface area contributed by atoms with Gasteiger partial charge in [0.2, 0.25) is 5.91 Å². The number of phenolic OH excluding ortho intramolecular Hbond substituents is 1. The molecule has 0 heterocycles. The monoisotopic (exact) mass is 343 g/mol. The van der Waals surface area contributed by atoms with Crippen molar-refractivity contribution < 1.29 is 19.1 Å². The lowest BCUT2D eigenvalue weighted by atomic mass is 10.1. The molecule has 0 aromatic heterocycles. The number of hydrogen-bond donors (Lipinski definition) is 4. The fraction of sp³-hybridized carbons (Fsp3) is 0.222. The van der Waals surface area contributed by atoms with E-state index in [9.17, 15) is 19.1 Å². The standard InChI is InChI=1S/C18H18FN3O3/c1-10(23)20-11-5-7-14(19)16(9-11)22-18(25)21-15-8-6-13-12(15)3-2-4-17(13)24/h2-5,7,9,15,24H,6,8H2,1H3,(H,20,23)(H2,21,22,25). The van der Waals surface area contributed by atoms with Gasteiger partial charge >= 0.3 is 6.03 Å². The number of rotatable bonds is 3. The molecule has 7 heteroatoms. The number of fused-ring (bicyclic) bond motifs is 1. The normalized spacial score (nSPS) is 15.4. The van der Waals surface area contributed by atoms with E-state index in [4.69, 9.17) is 0 Å². The highest BCUT2D eigenvalue weighted by atomic mass is 19.1. The first-order chi connectivity index (χ1) is 11.9. The van der Waals surface area contributed by atoms with Crippen molar-refractivity contribution in [1.29, 1.82) is 0 Å². The molecule has 2 aromatic rings. The van der Waals surface area contributed by atoms with Gasteiger partial charge in [-0.1, -0.05) is 12.1 Å². The maximum atomic E-state index is 13.9. The first kappa shape index (κ1) is 16.8. The lowest BCUT2D eigenvalue weighted by Gasteiger charge is -2.16.